The first-order valence-corrected chi connectivity index (χ1v) is 19.9. The summed E-state index contributed by atoms with van der Waals surface area (Å²) in [4.78, 5) is 12.8. The molecular weight excluding hydrogens is 709 g/mol. The van der Waals surface area contributed by atoms with Crippen molar-refractivity contribution in [1.29, 1.82) is 0 Å². The molecule has 272 valence electrons. The van der Waals surface area contributed by atoms with E-state index in [4.69, 9.17) is 9.97 Å². The van der Waals surface area contributed by atoms with Crippen LogP contribution in [0.2, 0.25) is 0 Å². The van der Waals surface area contributed by atoms with E-state index in [1.807, 2.05) is 0 Å². The maximum absolute atomic E-state index is 5.12. The van der Waals surface area contributed by atoms with Gasteiger partial charge < -0.3 is 9.47 Å². The minimum absolute atomic E-state index is 0.164. The van der Waals surface area contributed by atoms with Gasteiger partial charge in [-0.05, 0) is 48.0 Å². The Balaban J connectivity index is 1.14. The van der Waals surface area contributed by atoms with Gasteiger partial charge in [0, 0.05) is 55.7 Å². The Morgan fingerprint density at radius 1 is 0.397 bits per heavy atom. The summed E-state index contributed by atoms with van der Waals surface area (Å²) >= 11 is 0. The first-order valence-electron chi connectivity index (χ1n) is 19.9. The molecule has 13 rings (SSSR count). The van der Waals surface area contributed by atoms with Crippen molar-refractivity contribution < 1.29 is 0 Å². The Morgan fingerprint density at radius 3 is 1.52 bits per heavy atom. The van der Waals surface area contributed by atoms with Crippen LogP contribution in [0.3, 0.4) is 0 Å². The molecule has 1 aliphatic carbocycles. The normalized spacial score (nSPS) is 16.1. The Kier molecular flexibility index (Phi) is 6.46. The quantitative estimate of drug-likeness (QED) is 0.180. The van der Waals surface area contributed by atoms with Gasteiger partial charge >= 0.3 is 0 Å². The smallest absolute Gasteiger partial charge is 0.143 e. The average Bonchev–Trinajstić information content (AvgIpc) is 4.02. The predicted octanol–water partition coefficient (Wildman–Crippen LogP) is 12.5. The summed E-state index contributed by atoms with van der Waals surface area (Å²) in [6.07, 6.45) is 10.8. The van der Waals surface area contributed by atoms with E-state index in [9.17, 15) is 0 Å². The second-order valence-electron chi connectivity index (χ2n) is 15.4. The third kappa shape index (κ3) is 4.21. The zero-order valence-electron chi connectivity index (χ0n) is 31.3. The van der Waals surface area contributed by atoms with Crippen molar-refractivity contribution >= 4 is 76.8 Å². The maximum atomic E-state index is 5.12. The fourth-order valence-electron chi connectivity index (χ4n) is 10.2. The van der Waals surface area contributed by atoms with Crippen molar-refractivity contribution in [2.24, 2.45) is 0 Å². The molecule has 5 heterocycles. The Labute approximate surface area is 333 Å². The van der Waals surface area contributed by atoms with Crippen molar-refractivity contribution in [2.45, 2.75) is 12.0 Å². The number of aromatic nitrogens is 5. The van der Waals surface area contributed by atoms with E-state index in [0.717, 1.165) is 44.9 Å². The first kappa shape index (κ1) is 31.5. The molecule has 0 radical (unpaired) electrons. The summed E-state index contributed by atoms with van der Waals surface area (Å²) in [6.45, 7) is 0. The number of allylic oxidation sites excluding steroid dienone is 2. The van der Waals surface area contributed by atoms with E-state index in [1.165, 1.54) is 54.8 Å². The predicted molar refractivity (Wildman–Crippen MR) is 238 cm³/mol. The molecule has 0 saturated carbocycles. The fourth-order valence-corrected chi connectivity index (χ4v) is 10.2. The largest absolute Gasteiger partial charge is 0.332 e. The van der Waals surface area contributed by atoms with Gasteiger partial charge in [0.25, 0.3) is 0 Å². The second-order valence-corrected chi connectivity index (χ2v) is 15.4. The van der Waals surface area contributed by atoms with Gasteiger partial charge in [0.1, 0.15) is 18.0 Å². The van der Waals surface area contributed by atoms with Gasteiger partial charge in [0.2, 0.25) is 0 Å². The van der Waals surface area contributed by atoms with Crippen molar-refractivity contribution in [3.05, 3.63) is 200 Å². The molecule has 1 aliphatic heterocycles. The lowest BCUT2D eigenvalue weighted by Crippen LogP contribution is -2.28. The van der Waals surface area contributed by atoms with Crippen molar-refractivity contribution in [3.63, 3.8) is 0 Å². The third-order valence-electron chi connectivity index (χ3n) is 12.5. The zero-order valence-corrected chi connectivity index (χ0v) is 31.3. The van der Waals surface area contributed by atoms with Gasteiger partial charge in [-0.1, -0.05) is 140 Å². The van der Waals surface area contributed by atoms with Gasteiger partial charge in [-0.25, -0.2) is 9.97 Å². The number of para-hydroxylation sites is 5. The van der Waals surface area contributed by atoms with Crippen LogP contribution in [-0.2, 0) is 0 Å². The Bertz CT molecular complexity index is 3530. The van der Waals surface area contributed by atoms with Gasteiger partial charge in [0.15, 0.2) is 0 Å². The lowest BCUT2D eigenvalue weighted by Gasteiger charge is -2.29. The summed E-state index contributed by atoms with van der Waals surface area (Å²) in [7, 11) is 0. The zero-order chi connectivity index (χ0) is 37.9. The molecule has 6 nitrogen and oxygen atoms in total. The molecule has 2 aliphatic rings. The highest BCUT2D eigenvalue weighted by Gasteiger charge is 2.40. The number of rotatable bonds is 4. The molecule has 11 aromatic rings. The van der Waals surface area contributed by atoms with Crippen LogP contribution in [0.4, 0.5) is 11.4 Å². The van der Waals surface area contributed by atoms with Crippen LogP contribution < -0.4 is 4.90 Å². The van der Waals surface area contributed by atoms with E-state index >= 15 is 0 Å². The van der Waals surface area contributed by atoms with Crippen LogP contribution >= 0.6 is 0 Å². The molecule has 7 aromatic carbocycles. The van der Waals surface area contributed by atoms with E-state index in [-0.39, 0.29) is 12.0 Å². The molecule has 0 N–H and O–H groups in total. The summed E-state index contributed by atoms with van der Waals surface area (Å²) in [5.74, 6) is 1.86. The molecule has 6 heteroatoms. The van der Waals surface area contributed by atoms with E-state index in [2.05, 4.69) is 207 Å². The second kappa shape index (κ2) is 11.9. The monoisotopic (exact) mass is 742 g/mol. The van der Waals surface area contributed by atoms with Crippen LogP contribution in [0, 0.1) is 0 Å². The van der Waals surface area contributed by atoms with E-state index < -0.39 is 0 Å². The van der Waals surface area contributed by atoms with Gasteiger partial charge in [0.05, 0.1) is 44.8 Å². The standard InChI is InChI=1S/C52H34N6/c1-3-15-33(16-4-1)55-43-23-11-7-19-35(43)39-27-29-41-37-21-9-13-25-45(37)57(51(41)49(39)55)47-31-48(54-32-53-47)58-46-26-14-10-22-38(46)42-30-28-40-36-20-8-12-24-44(36)56(50(40)52(42)58)34-17-5-2-6-18-34/h1-32,35,43H. The number of nitrogens with zero attached hydrogens (tertiary/aromatic N) is 6. The van der Waals surface area contributed by atoms with Crippen LogP contribution in [0.15, 0.2) is 194 Å². The molecule has 2 atom stereocenters. The number of hydrogen-bond donors (Lipinski definition) is 0. The van der Waals surface area contributed by atoms with Gasteiger partial charge in [-0.2, -0.15) is 0 Å². The molecule has 2 unspecified atom stereocenters. The summed E-state index contributed by atoms with van der Waals surface area (Å²) < 4.78 is 7.15. The number of hydrogen-bond acceptors (Lipinski definition) is 3. The lowest BCUT2D eigenvalue weighted by molar-refractivity contribution is 0.745. The highest BCUT2D eigenvalue weighted by molar-refractivity contribution is 6.24. The molecule has 0 saturated heterocycles. The van der Waals surface area contributed by atoms with E-state index in [0.29, 0.717) is 0 Å². The SMILES string of the molecule is C1=CC2c3ccc4c5ccccc5n(-c5cc(-n6c7ccccc7c7ccc8c9ccccc9n(-c9ccccc9)c8c76)ncn5)c4c3N(c3ccccc3)C2C=C1. The highest BCUT2D eigenvalue weighted by Crippen LogP contribution is 2.52. The van der Waals surface area contributed by atoms with Crippen molar-refractivity contribution in [3.8, 4) is 17.3 Å². The topological polar surface area (TPSA) is 43.8 Å². The first-order chi connectivity index (χ1) is 28.8. The minimum atomic E-state index is 0.164. The summed E-state index contributed by atoms with van der Waals surface area (Å²) in [5.41, 5.74) is 11.6. The molecule has 0 fully saturated rings. The molecular formula is C52H34N6. The molecule has 0 bridgehead atoms. The Hall–Kier alpha value is -7.70. The fraction of sp³-hybridized carbons (Fsp3) is 0.0385. The Morgan fingerprint density at radius 2 is 0.879 bits per heavy atom. The highest BCUT2D eigenvalue weighted by atomic mass is 15.2. The molecule has 0 spiro atoms. The maximum Gasteiger partial charge on any atom is 0.143 e. The number of fused-ring (bicyclic) bond motifs is 14. The summed E-state index contributed by atoms with van der Waals surface area (Å²) in [6, 6.07) is 59.3. The van der Waals surface area contributed by atoms with Gasteiger partial charge in [-0.3, -0.25) is 9.13 Å². The number of anilines is 2. The minimum Gasteiger partial charge on any atom is -0.332 e. The van der Waals surface area contributed by atoms with Crippen LogP contribution in [0.25, 0.3) is 82.7 Å². The molecule has 0 amide bonds. The lowest BCUT2D eigenvalue weighted by atomic mass is 9.91. The van der Waals surface area contributed by atoms with Gasteiger partial charge in [-0.15, -0.1) is 0 Å². The van der Waals surface area contributed by atoms with Crippen molar-refractivity contribution in [1.82, 2.24) is 23.7 Å². The summed E-state index contributed by atoms with van der Waals surface area (Å²) in [5, 5.41) is 7.18. The molecule has 58 heavy (non-hydrogen) atoms. The van der Waals surface area contributed by atoms with Crippen LogP contribution in [-0.4, -0.2) is 29.7 Å². The van der Waals surface area contributed by atoms with Crippen LogP contribution in [0.5, 0.6) is 0 Å². The third-order valence-corrected chi connectivity index (χ3v) is 12.5. The molecule has 4 aromatic heterocycles. The van der Waals surface area contributed by atoms with E-state index in [1.54, 1.807) is 6.33 Å². The number of benzene rings is 7. The van der Waals surface area contributed by atoms with Crippen LogP contribution in [0.1, 0.15) is 11.5 Å². The van der Waals surface area contributed by atoms with Crippen molar-refractivity contribution in [2.75, 3.05) is 4.90 Å². The average molecular weight is 743 g/mol.